The zero-order valence-electron chi connectivity index (χ0n) is 17.5. The smallest absolute Gasteiger partial charge is 0.337 e. The molecule has 2 aromatic heterocycles. The zero-order chi connectivity index (χ0) is 23.2. The minimum Gasteiger partial charge on any atom is -0.337 e. The van der Waals surface area contributed by atoms with Gasteiger partial charge in [0.2, 0.25) is 11.9 Å². The highest BCUT2D eigenvalue weighted by Crippen LogP contribution is 2.35. The highest BCUT2D eigenvalue weighted by molar-refractivity contribution is 5.83. The first-order chi connectivity index (χ1) is 15.8. The van der Waals surface area contributed by atoms with Crippen LogP contribution in [-0.4, -0.2) is 56.1 Å². The van der Waals surface area contributed by atoms with Crippen molar-refractivity contribution in [1.29, 1.82) is 0 Å². The summed E-state index contributed by atoms with van der Waals surface area (Å²) in [4.78, 5) is 36.2. The van der Waals surface area contributed by atoms with Crippen LogP contribution in [0.2, 0.25) is 0 Å². The molecule has 3 saturated heterocycles. The molecule has 6 rings (SSSR count). The molecule has 0 aliphatic carbocycles. The molecule has 11 heteroatoms. The molecule has 5 heterocycles. The van der Waals surface area contributed by atoms with Gasteiger partial charge in [0.15, 0.2) is 0 Å². The number of aromatic amines is 1. The number of aromatic nitrogens is 4. The van der Waals surface area contributed by atoms with Crippen molar-refractivity contribution < 1.29 is 18.0 Å². The number of benzene rings is 1. The minimum absolute atomic E-state index is 0.00850. The Morgan fingerprint density at radius 1 is 1.09 bits per heavy atom. The topological polar surface area (TPSA) is 95.1 Å². The second kappa shape index (κ2) is 8.13. The number of aryl methyl sites for hydroxylation is 1. The normalized spacial score (nSPS) is 20.1. The van der Waals surface area contributed by atoms with E-state index in [1.54, 1.807) is 12.1 Å². The number of carbonyl (C=O) groups excluding carboxylic acids is 1. The summed E-state index contributed by atoms with van der Waals surface area (Å²) in [6, 6.07) is 7.27. The van der Waals surface area contributed by atoms with Gasteiger partial charge in [-0.25, -0.2) is 15.1 Å². The first-order valence-corrected chi connectivity index (χ1v) is 10.7. The van der Waals surface area contributed by atoms with E-state index in [-0.39, 0.29) is 29.5 Å². The predicted octanol–water partition coefficient (Wildman–Crippen LogP) is 2.54. The number of alkyl halides is 3. The van der Waals surface area contributed by atoms with Crippen LogP contribution >= 0.6 is 0 Å². The fourth-order valence-electron chi connectivity index (χ4n) is 4.71. The maximum atomic E-state index is 12.8. The first kappa shape index (κ1) is 21.4. The molecule has 8 nitrogen and oxygen atoms in total. The van der Waals surface area contributed by atoms with Crippen LogP contribution < -0.4 is 10.5 Å². The van der Waals surface area contributed by atoms with Crippen LogP contribution in [-0.2, 0) is 17.4 Å². The number of amides is 1. The second-order valence-electron chi connectivity index (χ2n) is 8.42. The molecule has 1 N–H and O–H groups in total. The van der Waals surface area contributed by atoms with Gasteiger partial charge in [0, 0.05) is 37.3 Å². The molecule has 0 saturated carbocycles. The average molecular weight is 458 g/mol. The van der Waals surface area contributed by atoms with E-state index < -0.39 is 11.7 Å². The zero-order valence-corrected chi connectivity index (χ0v) is 17.5. The summed E-state index contributed by atoms with van der Waals surface area (Å²) in [5, 5.41) is 8.03. The third kappa shape index (κ3) is 4.03. The second-order valence-corrected chi connectivity index (χ2v) is 8.42. The van der Waals surface area contributed by atoms with Crippen molar-refractivity contribution in [1.82, 2.24) is 25.1 Å². The summed E-state index contributed by atoms with van der Waals surface area (Å²) >= 11 is 0. The highest BCUT2D eigenvalue weighted by atomic mass is 19.4. The lowest BCUT2D eigenvalue weighted by Gasteiger charge is -2.56. The fraction of sp³-hybridized carbons (Fsp3) is 0.409. The van der Waals surface area contributed by atoms with Crippen molar-refractivity contribution in [3.05, 3.63) is 58.3 Å². The van der Waals surface area contributed by atoms with Crippen LogP contribution in [0.1, 0.15) is 30.5 Å². The molecule has 33 heavy (non-hydrogen) atoms. The van der Waals surface area contributed by atoms with Gasteiger partial charge in [0.25, 0.3) is 5.56 Å². The van der Waals surface area contributed by atoms with Crippen molar-refractivity contribution in [3.63, 3.8) is 0 Å². The molecule has 2 bridgehead atoms. The number of piperazine rings is 1. The monoisotopic (exact) mass is 458 g/mol. The first-order valence-electron chi connectivity index (χ1n) is 10.7. The van der Waals surface area contributed by atoms with Gasteiger partial charge < -0.3 is 9.80 Å². The number of hydrogen-bond donors (Lipinski definition) is 1. The van der Waals surface area contributed by atoms with Crippen LogP contribution in [0.25, 0.3) is 10.8 Å². The standard InChI is InChI=1S/C22H21F3N6O2/c23-22(24,25)13-9-26-21(27-10-13)30-11-14-8-15(12-30)31(14)19(32)7-3-6-18-16-4-1-2-5-17(16)20(33)29-28-18/h1-2,4-5,9-10,14-15H,3,6-8,11-12H2,(H,29,33). The van der Waals surface area contributed by atoms with E-state index in [9.17, 15) is 22.8 Å². The summed E-state index contributed by atoms with van der Waals surface area (Å²) in [6.07, 6.45) is -0.488. The van der Waals surface area contributed by atoms with Gasteiger partial charge in [0.1, 0.15) is 0 Å². The molecule has 0 spiro atoms. The largest absolute Gasteiger partial charge is 0.419 e. The Bertz CT molecular complexity index is 1230. The summed E-state index contributed by atoms with van der Waals surface area (Å²) in [7, 11) is 0. The number of fused-ring (bicyclic) bond motifs is 3. The molecule has 1 amide bonds. The Balaban J connectivity index is 1.17. The lowest BCUT2D eigenvalue weighted by Crippen LogP contribution is -2.70. The van der Waals surface area contributed by atoms with Crippen molar-refractivity contribution in [2.24, 2.45) is 0 Å². The Kier molecular flexibility index (Phi) is 5.26. The summed E-state index contributed by atoms with van der Waals surface area (Å²) < 4.78 is 38.2. The molecule has 3 aliphatic heterocycles. The molecule has 3 aromatic rings. The van der Waals surface area contributed by atoms with Crippen molar-refractivity contribution >= 4 is 22.6 Å². The number of halogens is 3. The highest BCUT2D eigenvalue weighted by Gasteiger charge is 2.47. The minimum atomic E-state index is -4.47. The molecule has 2 atom stereocenters. The number of nitrogens with one attached hydrogen (secondary N) is 1. The number of piperidine rings is 1. The number of hydrogen-bond acceptors (Lipinski definition) is 6. The summed E-state index contributed by atoms with van der Waals surface area (Å²) in [5.41, 5.74) is -0.358. The molecular weight excluding hydrogens is 437 g/mol. The number of H-pyrrole nitrogens is 1. The van der Waals surface area contributed by atoms with Crippen LogP contribution in [0.15, 0.2) is 41.5 Å². The van der Waals surface area contributed by atoms with Gasteiger partial charge >= 0.3 is 6.18 Å². The number of anilines is 1. The molecule has 172 valence electrons. The van der Waals surface area contributed by atoms with Gasteiger partial charge in [-0.3, -0.25) is 9.59 Å². The van der Waals surface area contributed by atoms with Crippen molar-refractivity contribution in [2.45, 2.75) is 43.9 Å². The van der Waals surface area contributed by atoms with Crippen LogP contribution in [0.4, 0.5) is 19.1 Å². The van der Waals surface area contributed by atoms with E-state index in [4.69, 9.17) is 0 Å². The van der Waals surface area contributed by atoms with Gasteiger partial charge in [0.05, 0.1) is 28.7 Å². The molecular formula is C22H21F3N6O2. The lowest BCUT2D eigenvalue weighted by molar-refractivity contribution is -0.146. The lowest BCUT2D eigenvalue weighted by atomic mass is 9.87. The Hall–Kier alpha value is -3.50. The van der Waals surface area contributed by atoms with Crippen molar-refractivity contribution in [3.8, 4) is 0 Å². The third-order valence-electron chi connectivity index (χ3n) is 6.31. The maximum absolute atomic E-state index is 12.8. The average Bonchev–Trinajstić information content (AvgIpc) is 2.80. The Labute approximate surface area is 186 Å². The number of carbonyl (C=O) groups is 1. The van der Waals surface area contributed by atoms with Gasteiger partial charge in [-0.1, -0.05) is 18.2 Å². The Morgan fingerprint density at radius 2 is 1.76 bits per heavy atom. The summed E-state index contributed by atoms with van der Waals surface area (Å²) in [6.45, 7) is 0.999. The van der Waals surface area contributed by atoms with Crippen LogP contribution in [0.3, 0.4) is 0 Å². The van der Waals surface area contributed by atoms with E-state index in [2.05, 4.69) is 20.2 Å². The molecule has 3 aliphatic rings. The van der Waals surface area contributed by atoms with E-state index in [1.165, 1.54) is 0 Å². The van der Waals surface area contributed by atoms with Crippen LogP contribution in [0.5, 0.6) is 0 Å². The van der Waals surface area contributed by atoms with E-state index in [1.807, 2.05) is 21.9 Å². The summed E-state index contributed by atoms with van der Waals surface area (Å²) in [5.74, 6) is 0.304. The van der Waals surface area contributed by atoms with Gasteiger partial charge in [-0.05, 0) is 25.3 Å². The molecule has 3 fully saturated rings. The quantitative estimate of drug-likeness (QED) is 0.632. The Morgan fingerprint density at radius 3 is 2.42 bits per heavy atom. The van der Waals surface area contributed by atoms with Crippen LogP contribution in [0, 0.1) is 0 Å². The van der Waals surface area contributed by atoms with Gasteiger partial charge in [-0.15, -0.1) is 0 Å². The number of rotatable bonds is 5. The maximum Gasteiger partial charge on any atom is 0.419 e. The van der Waals surface area contributed by atoms with E-state index in [0.29, 0.717) is 37.7 Å². The van der Waals surface area contributed by atoms with Crippen molar-refractivity contribution in [2.75, 3.05) is 18.0 Å². The van der Waals surface area contributed by atoms with Gasteiger partial charge in [-0.2, -0.15) is 18.3 Å². The third-order valence-corrected chi connectivity index (χ3v) is 6.31. The predicted molar refractivity (Wildman–Crippen MR) is 114 cm³/mol. The fourth-order valence-corrected chi connectivity index (χ4v) is 4.71. The SMILES string of the molecule is O=C(CCCc1n[nH]c(=O)c2ccccc12)N1C2CC1CN(c1ncc(C(F)(F)F)cn1)C2. The number of nitrogens with zero attached hydrogens (tertiary/aromatic N) is 5. The molecule has 0 radical (unpaired) electrons. The van der Waals surface area contributed by atoms with E-state index in [0.717, 1.165) is 29.9 Å². The molecule has 2 unspecified atom stereocenters. The molecule has 1 aromatic carbocycles. The van der Waals surface area contributed by atoms with E-state index >= 15 is 0 Å².